The minimum absolute atomic E-state index is 0.103. The number of amides is 1. The number of halogens is 3. The van der Waals surface area contributed by atoms with Crippen molar-refractivity contribution in [2.75, 3.05) is 9.80 Å². The molecule has 0 atom stereocenters. The SMILES string of the molecule is Cc1cc(N2C(=O)C(C)(C)N(c3ccc(OC(F)F)c(F)c3)C2=S)ccc1C#N. The molecule has 0 spiro atoms. The van der Waals surface area contributed by atoms with Crippen LogP contribution in [0, 0.1) is 24.1 Å². The number of aryl methyl sites for hydroxylation is 1. The minimum atomic E-state index is -3.16. The third-order valence-electron chi connectivity index (χ3n) is 4.65. The van der Waals surface area contributed by atoms with Crippen molar-refractivity contribution in [1.82, 2.24) is 0 Å². The molecule has 150 valence electrons. The van der Waals surface area contributed by atoms with Crippen LogP contribution in [0.3, 0.4) is 0 Å². The van der Waals surface area contributed by atoms with Gasteiger partial charge in [0.1, 0.15) is 5.54 Å². The lowest BCUT2D eigenvalue weighted by Crippen LogP contribution is -2.44. The summed E-state index contributed by atoms with van der Waals surface area (Å²) < 4.78 is 43.1. The summed E-state index contributed by atoms with van der Waals surface area (Å²) in [4.78, 5) is 15.9. The second-order valence-corrected chi connectivity index (χ2v) is 7.29. The van der Waals surface area contributed by atoms with Crippen molar-refractivity contribution in [3.63, 3.8) is 0 Å². The molecule has 1 aliphatic rings. The molecule has 0 bridgehead atoms. The van der Waals surface area contributed by atoms with Crippen LogP contribution < -0.4 is 14.5 Å². The fourth-order valence-electron chi connectivity index (χ4n) is 3.19. The highest BCUT2D eigenvalue weighted by molar-refractivity contribution is 7.81. The normalized spacial score (nSPS) is 15.8. The first-order chi connectivity index (χ1) is 13.6. The number of carbonyl (C=O) groups excluding carboxylic acids is 1. The Morgan fingerprint density at radius 3 is 2.38 bits per heavy atom. The van der Waals surface area contributed by atoms with Crippen LogP contribution in [-0.4, -0.2) is 23.2 Å². The van der Waals surface area contributed by atoms with Crippen molar-refractivity contribution < 1.29 is 22.7 Å². The van der Waals surface area contributed by atoms with E-state index in [9.17, 15) is 18.0 Å². The van der Waals surface area contributed by atoms with Gasteiger partial charge in [0.2, 0.25) is 0 Å². The summed E-state index contributed by atoms with van der Waals surface area (Å²) in [6.07, 6.45) is 0. The highest BCUT2D eigenvalue weighted by Gasteiger charge is 2.50. The van der Waals surface area contributed by atoms with Crippen LogP contribution >= 0.6 is 12.2 Å². The van der Waals surface area contributed by atoms with E-state index >= 15 is 0 Å². The quantitative estimate of drug-likeness (QED) is 0.682. The van der Waals surface area contributed by atoms with Gasteiger partial charge in [-0.15, -0.1) is 0 Å². The molecule has 1 saturated heterocycles. The molecule has 1 heterocycles. The molecule has 1 fully saturated rings. The Morgan fingerprint density at radius 1 is 1.17 bits per heavy atom. The molecule has 0 radical (unpaired) electrons. The lowest BCUT2D eigenvalue weighted by molar-refractivity contribution is -0.120. The zero-order valence-electron chi connectivity index (χ0n) is 15.7. The van der Waals surface area contributed by atoms with Crippen LogP contribution in [0.2, 0.25) is 0 Å². The summed E-state index contributed by atoms with van der Waals surface area (Å²) in [6, 6.07) is 10.3. The number of carbonyl (C=O) groups is 1. The summed E-state index contributed by atoms with van der Waals surface area (Å²) in [5, 5.41) is 9.20. The standard InChI is InChI=1S/C20H16F3N3O2S/c1-11-8-13(5-4-12(11)10-24)25-17(27)20(2,3)26(19(25)29)14-6-7-16(15(21)9-14)28-18(22)23/h4-9,18H,1-3H3. The maximum atomic E-state index is 14.2. The summed E-state index contributed by atoms with van der Waals surface area (Å²) in [6.45, 7) is 1.83. The Morgan fingerprint density at radius 2 is 1.83 bits per heavy atom. The number of alkyl halides is 2. The summed E-state index contributed by atoms with van der Waals surface area (Å²) in [5.41, 5.74) is 0.692. The Balaban J connectivity index is 2.02. The van der Waals surface area contributed by atoms with Gasteiger partial charge in [-0.3, -0.25) is 9.69 Å². The van der Waals surface area contributed by atoms with Gasteiger partial charge in [-0.05, 0) is 68.9 Å². The molecule has 0 aromatic heterocycles. The van der Waals surface area contributed by atoms with Crippen LogP contribution in [0.4, 0.5) is 24.5 Å². The lowest BCUT2D eigenvalue weighted by atomic mass is 10.0. The van der Waals surface area contributed by atoms with E-state index in [1.165, 1.54) is 15.9 Å². The van der Waals surface area contributed by atoms with Crippen LogP contribution in [0.15, 0.2) is 36.4 Å². The molecule has 9 heteroatoms. The number of nitriles is 1. The molecule has 1 amide bonds. The van der Waals surface area contributed by atoms with Gasteiger partial charge >= 0.3 is 6.61 Å². The first-order valence-electron chi connectivity index (χ1n) is 8.51. The molecule has 29 heavy (non-hydrogen) atoms. The molecule has 0 aliphatic carbocycles. The molecule has 0 unspecified atom stereocenters. The Labute approximate surface area is 170 Å². The van der Waals surface area contributed by atoms with Gasteiger partial charge in [-0.25, -0.2) is 4.39 Å². The number of thiocarbonyl (C=S) groups is 1. The van der Waals surface area contributed by atoms with Crippen molar-refractivity contribution in [3.8, 4) is 11.8 Å². The van der Waals surface area contributed by atoms with Crippen LogP contribution in [-0.2, 0) is 4.79 Å². The smallest absolute Gasteiger partial charge is 0.387 e. The van der Waals surface area contributed by atoms with Gasteiger partial charge in [0.15, 0.2) is 16.7 Å². The van der Waals surface area contributed by atoms with Gasteiger partial charge in [-0.2, -0.15) is 14.0 Å². The number of anilines is 2. The van der Waals surface area contributed by atoms with E-state index in [1.54, 1.807) is 39.0 Å². The van der Waals surface area contributed by atoms with Crippen molar-refractivity contribution in [2.45, 2.75) is 32.9 Å². The van der Waals surface area contributed by atoms with Crippen LogP contribution in [0.1, 0.15) is 25.0 Å². The first-order valence-corrected chi connectivity index (χ1v) is 8.92. The second-order valence-electron chi connectivity index (χ2n) is 6.92. The van der Waals surface area contributed by atoms with E-state index in [0.29, 0.717) is 16.8 Å². The van der Waals surface area contributed by atoms with E-state index < -0.39 is 23.7 Å². The summed E-state index contributed by atoms with van der Waals surface area (Å²) in [5.74, 6) is -1.95. The van der Waals surface area contributed by atoms with Gasteiger partial charge in [0.05, 0.1) is 17.3 Å². The van der Waals surface area contributed by atoms with Crippen molar-refractivity contribution in [1.29, 1.82) is 5.26 Å². The number of ether oxygens (including phenoxy) is 1. The maximum absolute atomic E-state index is 14.2. The predicted octanol–water partition coefficient (Wildman–Crippen LogP) is 4.52. The molecule has 0 N–H and O–H groups in total. The molecular formula is C20H16F3N3O2S. The van der Waals surface area contributed by atoms with Crippen LogP contribution in [0.25, 0.3) is 0 Å². The predicted molar refractivity (Wildman–Crippen MR) is 106 cm³/mol. The van der Waals surface area contributed by atoms with E-state index in [4.69, 9.17) is 17.5 Å². The van der Waals surface area contributed by atoms with Gasteiger partial charge in [-0.1, -0.05) is 0 Å². The van der Waals surface area contributed by atoms with E-state index in [2.05, 4.69) is 10.8 Å². The summed E-state index contributed by atoms with van der Waals surface area (Å²) in [7, 11) is 0. The minimum Gasteiger partial charge on any atom is -0.432 e. The van der Waals surface area contributed by atoms with Crippen LogP contribution in [0.5, 0.6) is 5.75 Å². The lowest BCUT2D eigenvalue weighted by Gasteiger charge is -2.29. The number of hydrogen-bond acceptors (Lipinski definition) is 4. The highest BCUT2D eigenvalue weighted by Crippen LogP contribution is 2.38. The third-order valence-corrected chi connectivity index (χ3v) is 5.01. The Bertz CT molecular complexity index is 1050. The molecule has 1 aliphatic heterocycles. The first kappa shape index (κ1) is 20.6. The largest absolute Gasteiger partial charge is 0.432 e. The molecule has 2 aromatic carbocycles. The molecule has 3 rings (SSSR count). The van der Waals surface area contributed by atoms with Gasteiger partial charge < -0.3 is 9.64 Å². The fourth-order valence-corrected chi connectivity index (χ4v) is 3.71. The van der Waals surface area contributed by atoms with E-state index in [1.807, 2.05) is 0 Å². The molecular weight excluding hydrogens is 403 g/mol. The molecule has 5 nitrogen and oxygen atoms in total. The summed E-state index contributed by atoms with van der Waals surface area (Å²) >= 11 is 5.49. The Kier molecular flexibility index (Phi) is 5.24. The zero-order valence-corrected chi connectivity index (χ0v) is 16.6. The average molecular weight is 419 g/mol. The number of nitrogens with zero attached hydrogens (tertiary/aromatic N) is 3. The zero-order chi connectivity index (χ0) is 21.5. The van der Waals surface area contributed by atoms with E-state index in [0.717, 1.165) is 12.1 Å². The molecule has 2 aromatic rings. The highest BCUT2D eigenvalue weighted by atomic mass is 32.1. The van der Waals surface area contributed by atoms with Gasteiger partial charge in [0, 0.05) is 11.8 Å². The molecule has 0 saturated carbocycles. The average Bonchev–Trinajstić information content (AvgIpc) is 2.81. The van der Waals surface area contributed by atoms with E-state index in [-0.39, 0.29) is 16.7 Å². The second kappa shape index (κ2) is 7.37. The Hall–Kier alpha value is -3.12. The fraction of sp³-hybridized carbons (Fsp3) is 0.250. The monoisotopic (exact) mass is 419 g/mol. The number of hydrogen-bond donors (Lipinski definition) is 0. The van der Waals surface area contributed by atoms with Crippen molar-refractivity contribution in [2.24, 2.45) is 0 Å². The van der Waals surface area contributed by atoms with Gasteiger partial charge in [0.25, 0.3) is 5.91 Å². The third kappa shape index (κ3) is 3.51. The van der Waals surface area contributed by atoms with Crippen molar-refractivity contribution in [3.05, 3.63) is 53.3 Å². The maximum Gasteiger partial charge on any atom is 0.387 e. The number of rotatable bonds is 4. The van der Waals surface area contributed by atoms with Crippen molar-refractivity contribution >= 4 is 34.6 Å². The number of benzene rings is 2. The topological polar surface area (TPSA) is 56.6 Å².